The Morgan fingerprint density at radius 2 is 1.55 bits per heavy atom. The Morgan fingerprint density at radius 1 is 0.966 bits per heavy atom. The van der Waals surface area contributed by atoms with Crippen LogP contribution in [0.3, 0.4) is 0 Å². The molecule has 0 radical (unpaired) electrons. The van der Waals surface area contributed by atoms with Gasteiger partial charge < -0.3 is 4.90 Å². The van der Waals surface area contributed by atoms with E-state index >= 15 is 0 Å². The van der Waals surface area contributed by atoms with Gasteiger partial charge in [-0.1, -0.05) is 42.5 Å². The van der Waals surface area contributed by atoms with Crippen LogP contribution in [0.5, 0.6) is 0 Å². The molecule has 0 atom stereocenters. The van der Waals surface area contributed by atoms with Crippen molar-refractivity contribution in [1.29, 1.82) is 0 Å². The number of rotatable bonds is 6. The predicted octanol–water partition coefficient (Wildman–Crippen LogP) is 3.52. The number of carbonyl (C=O) groups excluding carboxylic acids is 1. The van der Waals surface area contributed by atoms with Crippen LogP contribution in [-0.4, -0.2) is 43.2 Å². The van der Waals surface area contributed by atoms with Crippen molar-refractivity contribution in [2.24, 2.45) is 0 Å². The minimum absolute atomic E-state index is 0.199. The molecule has 1 fully saturated rings. The highest BCUT2D eigenvalue weighted by atomic mass is 32.2. The van der Waals surface area contributed by atoms with Gasteiger partial charge in [0.1, 0.15) is 0 Å². The van der Waals surface area contributed by atoms with Crippen LogP contribution >= 0.6 is 0 Å². The van der Waals surface area contributed by atoms with E-state index in [-0.39, 0.29) is 6.54 Å². The molecule has 1 aliphatic rings. The van der Waals surface area contributed by atoms with E-state index in [2.05, 4.69) is 0 Å². The Morgan fingerprint density at radius 3 is 2.17 bits per heavy atom. The van der Waals surface area contributed by atoms with Crippen LogP contribution in [0.4, 0.5) is 13.2 Å². The molecule has 0 bridgehead atoms. The summed E-state index contributed by atoms with van der Waals surface area (Å²) in [5, 5.41) is 0. The van der Waals surface area contributed by atoms with Gasteiger partial charge in [-0.3, -0.25) is 4.79 Å². The maximum Gasteiger partial charge on any atom is 0.417 e. The van der Waals surface area contributed by atoms with E-state index in [1.54, 1.807) is 35.2 Å². The van der Waals surface area contributed by atoms with Crippen molar-refractivity contribution < 1.29 is 26.4 Å². The maximum atomic E-state index is 13.4. The molecule has 2 aromatic rings. The number of hydrogen-bond acceptors (Lipinski definition) is 3. The molecule has 9 heteroatoms. The highest BCUT2D eigenvalue weighted by Crippen LogP contribution is 2.35. The van der Waals surface area contributed by atoms with E-state index in [4.69, 9.17) is 0 Å². The molecule has 0 aromatic heterocycles. The van der Waals surface area contributed by atoms with Crippen LogP contribution in [0, 0.1) is 0 Å². The van der Waals surface area contributed by atoms with Crippen LogP contribution in [0.1, 0.15) is 24.0 Å². The van der Waals surface area contributed by atoms with Crippen molar-refractivity contribution in [3.8, 4) is 0 Å². The molecule has 0 unspecified atom stereocenters. The van der Waals surface area contributed by atoms with Crippen molar-refractivity contribution in [3.05, 3.63) is 65.7 Å². The van der Waals surface area contributed by atoms with Gasteiger partial charge in [0.15, 0.2) is 0 Å². The third-order valence-electron chi connectivity index (χ3n) is 4.78. The first-order valence-electron chi connectivity index (χ1n) is 9.17. The zero-order valence-electron chi connectivity index (χ0n) is 15.6. The summed E-state index contributed by atoms with van der Waals surface area (Å²) in [6.45, 7) is 0.340. The van der Waals surface area contributed by atoms with E-state index in [9.17, 15) is 26.4 Å². The second-order valence-electron chi connectivity index (χ2n) is 6.84. The van der Waals surface area contributed by atoms with Gasteiger partial charge in [0.05, 0.1) is 17.0 Å². The SMILES string of the molecule is O=C(CN(Cc1ccccc1)S(=O)(=O)c1ccccc1C(F)(F)F)N1CCCC1. The molecule has 1 aliphatic heterocycles. The van der Waals surface area contributed by atoms with Gasteiger partial charge in [-0.25, -0.2) is 8.42 Å². The lowest BCUT2D eigenvalue weighted by molar-refractivity contribution is -0.139. The van der Waals surface area contributed by atoms with Crippen molar-refractivity contribution in [2.75, 3.05) is 19.6 Å². The summed E-state index contributed by atoms with van der Waals surface area (Å²) in [5.41, 5.74) is -0.665. The summed E-state index contributed by atoms with van der Waals surface area (Å²) in [4.78, 5) is 13.3. The number of benzene rings is 2. The number of sulfonamides is 1. The summed E-state index contributed by atoms with van der Waals surface area (Å²) in [6, 6.07) is 12.5. The lowest BCUT2D eigenvalue weighted by Gasteiger charge is -2.26. The number of carbonyl (C=O) groups is 1. The van der Waals surface area contributed by atoms with Gasteiger partial charge in [0.25, 0.3) is 0 Å². The molecule has 156 valence electrons. The lowest BCUT2D eigenvalue weighted by atomic mass is 10.2. The summed E-state index contributed by atoms with van der Waals surface area (Å²) in [5.74, 6) is -0.411. The average Bonchev–Trinajstić information content (AvgIpc) is 3.22. The highest BCUT2D eigenvalue weighted by Gasteiger charge is 2.39. The van der Waals surface area contributed by atoms with Gasteiger partial charge in [0, 0.05) is 19.6 Å². The number of likely N-dealkylation sites (tertiary alicyclic amines) is 1. The fourth-order valence-corrected chi connectivity index (χ4v) is 4.88. The Balaban J connectivity index is 1.99. The third kappa shape index (κ3) is 4.97. The zero-order chi connectivity index (χ0) is 21.1. The largest absolute Gasteiger partial charge is 0.417 e. The monoisotopic (exact) mass is 426 g/mol. The Hall–Kier alpha value is -2.39. The maximum absolute atomic E-state index is 13.4. The number of halogens is 3. The molecule has 1 amide bonds. The second kappa shape index (κ2) is 8.54. The Bertz CT molecular complexity index is 956. The number of nitrogens with zero attached hydrogens (tertiary/aromatic N) is 2. The Labute approximate surface area is 167 Å². The van der Waals surface area contributed by atoms with Crippen molar-refractivity contribution in [1.82, 2.24) is 9.21 Å². The molecular formula is C20H21F3N2O3S. The first kappa shape index (κ1) is 21.3. The van der Waals surface area contributed by atoms with Crippen LogP contribution in [0.15, 0.2) is 59.5 Å². The van der Waals surface area contributed by atoms with Gasteiger partial charge >= 0.3 is 6.18 Å². The predicted molar refractivity (Wildman–Crippen MR) is 101 cm³/mol. The average molecular weight is 426 g/mol. The molecular weight excluding hydrogens is 405 g/mol. The topological polar surface area (TPSA) is 57.7 Å². The quantitative estimate of drug-likeness (QED) is 0.710. The van der Waals surface area contributed by atoms with E-state index < -0.39 is 39.1 Å². The normalized spacial score (nSPS) is 15.1. The number of alkyl halides is 3. The molecule has 5 nitrogen and oxygen atoms in total. The van der Waals surface area contributed by atoms with Crippen LogP contribution in [0.25, 0.3) is 0 Å². The minimum atomic E-state index is -4.83. The van der Waals surface area contributed by atoms with Gasteiger partial charge in [0.2, 0.25) is 15.9 Å². The molecule has 0 N–H and O–H groups in total. The summed E-state index contributed by atoms with van der Waals surface area (Å²) < 4.78 is 67.5. The molecule has 1 heterocycles. The molecule has 29 heavy (non-hydrogen) atoms. The number of hydrogen-bond donors (Lipinski definition) is 0. The van der Waals surface area contributed by atoms with Crippen LogP contribution in [-0.2, 0) is 27.5 Å². The number of amides is 1. The molecule has 3 rings (SSSR count). The van der Waals surface area contributed by atoms with Gasteiger partial charge in [-0.2, -0.15) is 17.5 Å². The standard InChI is InChI=1S/C20H21F3N2O3S/c21-20(22,23)17-10-4-5-11-18(17)29(27,28)25(14-16-8-2-1-3-9-16)15-19(26)24-12-6-7-13-24/h1-5,8-11H,6-7,12-15H2. The summed E-state index contributed by atoms with van der Waals surface area (Å²) in [7, 11) is -4.57. The fourth-order valence-electron chi connectivity index (χ4n) is 3.30. The first-order valence-corrected chi connectivity index (χ1v) is 10.6. The second-order valence-corrected chi connectivity index (χ2v) is 8.75. The lowest BCUT2D eigenvalue weighted by Crippen LogP contribution is -2.42. The fraction of sp³-hybridized carbons (Fsp3) is 0.350. The third-order valence-corrected chi connectivity index (χ3v) is 6.63. The molecule has 0 saturated carbocycles. The van der Waals surface area contributed by atoms with Crippen molar-refractivity contribution in [2.45, 2.75) is 30.5 Å². The van der Waals surface area contributed by atoms with Crippen molar-refractivity contribution in [3.63, 3.8) is 0 Å². The summed E-state index contributed by atoms with van der Waals surface area (Å²) >= 11 is 0. The highest BCUT2D eigenvalue weighted by molar-refractivity contribution is 7.89. The smallest absolute Gasteiger partial charge is 0.342 e. The van der Waals surface area contributed by atoms with E-state index in [1.807, 2.05) is 0 Å². The van der Waals surface area contributed by atoms with Crippen molar-refractivity contribution >= 4 is 15.9 Å². The first-order chi connectivity index (χ1) is 13.7. The van der Waals surface area contributed by atoms with Crippen LogP contribution in [0.2, 0.25) is 0 Å². The molecule has 2 aromatic carbocycles. The van der Waals surface area contributed by atoms with Crippen LogP contribution < -0.4 is 0 Å². The van der Waals surface area contributed by atoms with E-state index in [1.165, 1.54) is 6.07 Å². The van der Waals surface area contributed by atoms with Gasteiger partial charge in [-0.05, 0) is 30.5 Å². The Kier molecular flexibility index (Phi) is 6.28. The molecule has 0 spiro atoms. The molecule has 0 aliphatic carbocycles. The molecule has 1 saturated heterocycles. The summed E-state index contributed by atoms with van der Waals surface area (Å²) in [6.07, 6.45) is -3.18. The minimum Gasteiger partial charge on any atom is -0.342 e. The van der Waals surface area contributed by atoms with E-state index in [0.29, 0.717) is 18.7 Å². The van der Waals surface area contributed by atoms with Gasteiger partial charge in [-0.15, -0.1) is 0 Å². The zero-order valence-corrected chi connectivity index (χ0v) is 16.4. The van der Waals surface area contributed by atoms with E-state index in [0.717, 1.165) is 35.3 Å².